The van der Waals surface area contributed by atoms with E-state index in [9.17, 15) is 8.42 Å². The Hall–Kier alpha value is -4.04. The highest BCUT2D eigenvalue weighted by atomic mass is 32.2. The molecule has 0 radical (unpaired) electrons. The summed E-state index contributed by atoms with van der Waals surface area (Å²) in [5.41, 5.74) is 11.7. The lowest BCUT2D eigenvalue weighted by Crippen LogP contribution is -2.08. The normalized spacial score (nSPS) is 12.4. The summed E-state index contributed by atoms with van der Waals surface area (Å²) in [6, 6.07) is 20.7. The van der Waals surface area contributed by atoms with E-state index in [0.717, 1.165) is 11.1 Å². The maximum atomic E-state index is 14.0. The Morgan fingerprint density at radius 1 is 0.944 bits per heavy atom. The summed E-state index contributed by atoms with van der Waals surface area (Å²) in [6.45, 7) is 7.89. The van der Waals surface area contributed by atoms with Gasteiger partial charge in [-0.1, -0.05) is 62.4 Å². The molecule has 0 bridgehead atoms. The summed E-state index contributed by atoms with van der Waals surface area (Å²) in [5.74, 6) is 0.387. The number of fused-ring (bicyclic) bond motifs is 2. The fourth-order valence-corrected chi connectivity index (χ4v) is 6.01. The van der Waals surface area contributed by atoms with Gasteiger partial charge in [-0.2, -0.15) is 9.78 Å². The van der Waals surface area contributed by atoms with Crippen LogP contribution in [0, 0.1) is 13.8 Å². The fourth-order valence-electron chi connectivity index (χ4n) is 4.20. The maximum Gasteiger partial charge on any atom is 0.212 e. The summed E-state index contributed by atoms with van der Waals surface area (Å²) in [4.78, 5) is 9.48. The quantitative estimate of drug-likeness (QED) is 0.317. The van der Waals surface area contributed by atoms with Gasteiger partial charge in [-0.15, -0.1) is 0 Å². The molecule has 0 unspecified atom stereocenters. The largest absolute Gasteiger partial charge is 0.382 e. The zero-order chi connectivity index (χ0) is 25.6. The van der Waals surface area contributed by atoms with Gasteiger partial charge >= 0.3 is 0 Å². The first-order valence-corrected chi connectivity index (χ1v) is 13.2. The molecule has 36 heavy (non-hydrogen) atoms. The fraction of sp³-hybridized carbons (Fsp3) is 0.179. The second kappa shape index (κ2) is 8.87. The van der Waals surface area contributed by atoms with Gasteiger partial charge in [0.15, 0.2) is 5.65 Å². The number of sulfone groups is 1. The van der Waals surface area contributed by atoms with E-state index in [1.807, 2.05) is 55.5 Å². The Labute approximate surface area is 210 Å². The first-order valence-electron chi connectivity index (χ1n) is 11.7. The van der Waals surface area contributed by atoms with Crippen molar-refractivity contribution in [1.82, 2.24) is 14.6 Å². The number of nitrogens with zero attached hydrogens (tertiary/aromatic N) is 4. The van der Waals surface area contributed by atoms with Crippen LogP contribution in [-0.2, 0) is 9.84 Å². The predicted octanol–water partition coefficient (Wildman–Crippen LogP) is 5.62. The van der Waals surface area contributed by atoms with Crippen LogP contribution in [0.1, 0.15) is 42.0 Å². The maximum absolute atomic E-state index is 14.0. The second-order valence-corrected chi connectivity index (χ2v) is 11.1. The molecule has 8 heteroatoms. The molecule has 0 spiro atoms. The lowest BCUT2D eigenvalue weighted by Gasteiger charge is -2.09. The highest BCUT2D eigenvalue weighted by Crippen LogP contribution is 2.36. The molecule has 2 heterocycles. The average Bonchev–Trinajstić information content (AvgIpc) is 3.13. The first-order chi connectivity index (χ1) is 17.2. The zero-order valence-corrected chi connectivity index (χ0v) is 21.4. The molecule has 0 aliphatic rings. The van der Waals surface area contributed by atoms with Crippen molar-refractivity contribution >= 4 is 44.1 Å². The third kappa shape index (κ3) is 4.03. The van der Waals surface area contributed by atoms with Gasteiger partial charge < -0.3 is 5.73 Å². The summed E-state index contributed by atoms with van der Waals surface area (Å²) >= 11 is 0. The van der Waals surface area contributed by atoms with Gasteiger partial charge in [-0.25, -0.2) is 18.4 Å². The van der Waals surface area contributed by atoms with E-state index >= 15 is 0 Å². The van der Waals surface area contributed by atoms with E-state index in [0.29, 0.717) is 22.5 Å². The van der Waals surface area contributed by atoms with Crippen molar-refractivity contribution in [3.8, 4) is 0 Å². The number of nitrogens with two attached hydrogens (primary N) is 1. The van der Waals surface area contributed by atoms with Crippen LogP contribution in [0.3, 0.4) is 0 Å². The Bertz CT molecular complexity index is 1750. The highest BCUT2D eigenvalue weighted by Gasteiger charge is 2.31. The van der Waals surface area contributed by atoms with Crippen molar-refractivity contribution in [2.24, 2.45) is 5.10 Å². The highest BCUT2D eigenvalue weighted by molar-refractivity contribution is 7.92. The standard InChI is InChI=1S/C28H27N5O2S/c1-17(2)21-13-11-20(12-14-21)16-30-33-27(29)26(36(34,35)24-15-18(3)9-10-19(24)4)25-28(33)32-23-8-6-5-7-22(23)31-25/h5-17H,29H2,1-4H3/b30-16+. The van der Waals surface area contributed by atoms with Gasteiger partial charge in [0.05, 0.1) is 22.1 Å². The summed E-state index contributed by atoms with van der Waals surface area (Å²) in [6.07, 6.45) is 1.64. The number of aromatic nitrogens is 3. The molecule has 2 N–H and O–H groups in total. The topological polar surface area (TPSA) is 103 Å². The second-order valence-electron chi connectivity index (χ2n) is 9.25. The smallest absolute Gasteiger partial charge is 0.212 e. The third-order valence-electron chi connectivity index (χ3n) is 6.26. The molecule has 182 valence electrons. The van der Waals surface area contributed by atoms with E-state index in [1.54, 1.807) is 31.3 Å². The van der Waals surface area contributed by atoms with Crippen LogP contribution in [0.15, 0.2) is 81.6 Å². The van der Waals surface area contributed by atoms with Gasteiger partial charge in [-0.05, 0) is 60.2 Å². The van der Waals surface area contributed by atoms with Crippen LogP contribution in [0.2, 0.25) is 0 Å². The van der Waals surface area contributed by atoms with Gasteiger partial charge in [-0.3, -0.25) is 0 Å². The minimum absolute atomic E-state index is 0.0312. The molecule has 0 aliphatic heterocycles. The lowest BCUT2D eigenvalue weighted by molar-refractivity contribution is 0.596. The SMILES string of the molecule is Cc1ccc(C)c(S(=O)(=O)c2c(N)n(/N=C/c3ccc(C(C)C)cc3)c3nc4ccccc4nc23)c1. The Morgan fingerprint density at radius 2 is 1.61 bits per heavy atom. The van der Waals surface area contributed by atoms with Gasteiger partial charge in [0, 0.05) is 0 Å². The number of benzene rings is 3. The minimum atomic E-state index is -4.02. The number of anilines is 1. The van der Waals surface area contributed by atoms with Crippen LogP contribution in [-0.4, -0.2) is 29.3 Å². The molecular formula is C28H27N5O2S. The third-order valence-corrected chi connectivity index (χ3v) is 8.21. The number of aryl methyl sites for hydroxylation is 2. The number of rotatable bonds is 5. The van der Waals surface area contributed by atoms with E-state index in [-0.39, 0.29) is 26.8 Å². The molecule has 0 saturated heterocycles. The van der Waals surface area contributed by atoms with Gasteiger partial charge in [0.1, 0.15) is 16.2 Å². The molecule has 0 atom stereocenters. The number of nitrogen functional groups attached to an aromatic ring is 1. The van der Waals surface area contributed by atoms with E-state index < -0.39 is 9.84 Å². The summed E-state index contributed by atoms with van der Waals surface area (Å²) in [5, 5.41) is 4.55. The summed E-state index contributed by atoms with van der Waals surface area (Å²) in [7, 11) is -4.02. The molecule has 0 saturated carbocycles. The monoisotopic (exact) mass is 497 g/mol. The van der Waals surface area contributed by atoms with E-state index in [4.69, 9.17) is 10.7 Å². The Balaban J connectivity index is 1.75. The van der Waals surface area contributed by atoms with Crippen molar-refractivity contribution in [3.05, 3.63) is 89.0 Å². The van der Waals surface area contributed by atoms with Crippen LogP contribution in [0.25, 0.3) is 22.2 Å². The molecule has 0 aliphatic carbocycles. The lowest BCUT2D eigenvalue weighted by atomic mass is 10.0. The molecule has 7 nitrogen and oxygen atoms in total. The molecular weight excluding hydrogens is 470 g/mol. The summed E-state index contributed by atoms with van der Waals surface area (Å²) < 4.78 is 29.3. The van der Waals surface area contributed by atoms with Crippen molar-refractivity contribution in [3.63, 3.8) is 0 Å². The van der Waals surface area contributed by atoms with Crippen LogP contribution in [0.5, 0.6) is 0 Å². The van der Waals surface area contributed by atoms with Crippen molar-refractivity contribution in [1.29, 1.82) is 0 Å². The van der Waals surface area contributed by atoms with E-state index in [2.05, 4.69) is 23.9 Å². The predicted molar refractivity (Wildman–Crippen MR) is 144 cm³/mol. The van der Waals surface area contributed by atoms with Gasteiger partial charge in [0.2, 0.25) is 9.84 Å². The Kier molecular flexibility index (Phi) is 5.84. The van der Waals surface area contributed by atoms with Crippen LogP contribution in [0.4, 0.5) is 5.82 Å². The first kappa shape index (κ1) is 23.7. The van der Waals surface area contributed by atoms with Crippen molar-refractivity contribution < 1.29 is 8.42 Å². The van der Waals surface area contributed by atoms with Gasteiger partial charge in [0.25, 0.3) is 0 Å². The molecule has 2 aromatic heterocycles. The Morgan fingerprint density at radius 3 is 2.28 bits per heavy atom. The molecule has 0 fully saturated rings. The minimum Gasteiger partial charge on any atom is -0.382 e. The van der Waals surface area contributed by atoms with Crippen molar-refractivity contribution in [2.45, 2.75) is 43.4 Å². The number of para-hydroxylation sites is 2. The zero-order valence-electron chi connectivity index (χ0n) is 20.6. The molecule has 5 rings (SSSR count). The van der Waals surface area contributed by atoms with Crippen molar-refractivity contribution in [2.75, 3.05) is 5.73 Å². The molecule has 0 amide bonds. The van der Waals surface area contributed by atoms with E-state index in [1.165, 1.54) is 10.2 Å². The number of hydrogen-bond acceptors (Lipinski definition) is 6. The van der Waals surface area contributed by atoms with Crippen LogP contribution < -0.4 is 5.73 Å². The molecule has 5 aromatic rings. The molecule has 3 aromatic carbocycles. The average molecular weight is 498 g/mol. The van der Waals surface area contributed by atoms with Crippen LogP contribution >= 0.6 is 0 Å². The number of hydrogen-bond donors (Lipinski definition) is 1.